The van der Waals surface area contributed by atoms with Crippen molar-refractivity contribution in [1.29, 1.82) is 0 Å². The van der Waals surface area contributed by atoms with Gasteiger partial charge >= 0.3 is 0 Å². The number of carbonyl (C=O) groups excluding carboxylic acids is 1. The van der Waals surface area contributed by atoms with E-state index in [-0.39, 0.29) is 5.91 Å². The van der Waals surface area contributed by atoms with E-state index in [0.29, 0.717) is 18.9 Å². The number of rotatable bonds is 6. The number of nitrogens with zero attached hydrogens (tertiary/aromatic N) is 1. The van der Waals surface area contributed by atoms with Crippen molar-refractivity contribution in [3.05, 3.63) is 54.1 Å². The number of hydrogen-bond donors (Lipinski definition) is 3. The lowest BCUT2D eigenvalue weighted by Crippen LogP contribution is -2.23. The number of carbonyl (C=O) groups is 1. The van der Waals surface area contributed by atoms with Crippen LogP contribution in [0.2, 0.25) is 0 Å². The van der Waals surface area contributed by atoms with Crippen LogP contribution in [0.4, 0.5) is 0 Å². The highest BCUT2D eigenvalue weighted by Crippen LogP contribution is 2.20. The molecule has 5 nitrogen and oxygen atoms in total. The zero-order chi connectivity index (χ0) is 17.8. The van der Waals surface area contributed by atoms with Gasteiger partial charge in [-0.15, -0.1) is 0 Å². The number of benzene rings is 2. The van der Waals surface area contributed by atoms with Gasteiger partial charge in [-0.05, 0) is 49.5 Å². The summed E-state index contributed by atoms with van der Waals surface area (Å²) in [7, 11) is 0. The minimum absolute atomic E-state index is 0.137. The monoisotopic (exact) mass is 348 g/mol. The predicted octanol–water partition coefficient (Wildman–Crippen LogP) is 3.24. The molecule has 1 aliphatic rings. The van der Waals surface area contributed by atoms with E-state index in [9.17, 15) is 4.79 Å². The lowest BCUT2D eigenvalue weighted by molar-refractivity contribution is -0.121. The summed E-state index contributed by atoms with van der Waals surface area (Å²) in [5.74, 6) is 1.66. The molecule has 4 rings (SSSR count). The molecule has 2 aromatic carbocycles. The molecule has 1 fully saturated rings. The highest BCUT2D eigenvalue weighted by molar-refractivity contribution is 5.79. The number of imidazole rings is 1. The van der Waals surface area contributed by atoms with Crippen molar-refractivity contribution in [2.45, 2.75) is 25.8 Å². The zero-order valence-corrected chi connectivity index (χ0v) is 14.8. The van der Waals surface area contributed by atoms with Crippen LogP contribution in [0.5, 0.6) is 0 Å². The number of para-hydroxylation sites is 2. The van der Waals surface area contributed by atoms with E-state index in [1.165, 1.54) is 6.42 Å². The van der Waals surface area contributed by atoms with Gasteiger partial charge in [-0.25, -0.2) is 4.98 Å². The summed E-state index contributed by atoms with van der Waals surface area (Å²) in [5, 5.41) is 6.36. The summed E-state index contributed by atoms with van der Waals surface area (Å²) < 4.78 is 0. The molecule has 0 bridgehead atoms. The number of nitrogens with one attached hydrogen (secondary N) is 3. The molecule has 0 radical (unpaired) electrons. The first-order valence-electron chi connectivity index (χ1n) is 9.29. The van der Waals surface area contributed by atoms with Crippen LogP contribution in [0.15, 0.2) is 48.5 Å². The molecule has 134 valence electrons. The molecule has 1 aromatic heterocycles. The smallest absolute Gasteiger partial charge is 0.220 e. The molecular weight excluding hydrogens is 324 g/mol. The van der Waals surface area contributed by atoms with Gasteiger partial charge in [0.25, 0.3) is 0 Å². The predicted molar refractivity (Wildman–Crippen MR) is 104 cm³/mol. The summed E-state index contributed by atoms with van der Waals surface area (Å²) in [4.78, 5) is 20.0. The van der Waals surface area contributed by atoms with Crippen LogP contribution < -0.4 is 10.6 Å². The van der Waals surface area contributed by atoms with Crippen LogP contribution in [0, 0.1) is 5.92 Å². The topological polar surface area (TPSA) is 69.8 Å². The maximum atomic E-state index is 12.0. The minimum Gasteiger partial charge on any atom is -0.352 e. The fraction of sp³-hybridized carbons (Fsp3) is 0.333. The molecule has 1 unspecified atom stereocenters. The second-order valence-corrected chi connectivity index (χ2v) is 6.97. The third-order valence-electron chi connectivity index (χ3n) is 5.05. The number of H-pyrrole nitrogens is 1. The largest absolute Gasteiger partial charge is 0.352 e. The molecular formula is C21H24N4O. The van der Waals surface area contributed by atoms with Crippen LogP contribution in [0.3, 0.4) is 0 Å². The molecule has 1 amide bonds. The molecule has 3 N–H and O–H groups in total. The SMILES string of the molecule is O=C(CCC1CCNC1)NCc1ccc(-c2nc3ccccc3[nH]2)cc1. The van der Waals surface area contributed by atoms with Gasteiger partial charge in [0.05, 0.1) is 11.0 Å². The Morgan fingerprint density at radius 3 is 2.77 bits per heavy atom. The van der Waals surface area contributed by atoms with Crippen LogP contribution in [0.1, 0.15) is 24.8 Å². The van der Waals surface area contributed by atoms with E-state index in [1.54, 1.807) is 0 Å². The van der Waals surface area contributed by atoms with E-state index >= 15 is 0 Å². The summed E-state index contributed by atoms with van der Waals surface area (Å²) in [6, 6.07) is 16.2. The molecule has 0 aliphatic carbocycles. The number of amides is 1. The first kappa shape index (κ1) is 16.8. The lowest BCUT2D eigenvalue weighted by Gasteiger charge is -2.09. The Hall–Kier alpha value is -2.66. The van der Waals surface area contributed by atoms with E-state index in [2.05, 4.69) is 20.6 Å². The van der Waals surface area contributed by atoms with Crippen LogP contribution in [-0.4, -0.2) is 29.0 Å². The fourth-order valence-corrected chi connectivity index (χ4v) is 3.46. The lowest BCUT2D eigenvalue weighted by atomic mass is 10.0. The second-order valence-electron chi connectivity index (χ2n) is 6.97. The van der Waals surface area contributed by atoms with Gasteiger partial charge in [-0.2, -0.15) is 0 Å². The highest BCUT2D eigenvalue weighted by Gasteiger charge is 2.15. The number of fused-ring (bicyclic) bond motifs is 1. The summed E-state index contributed by atoms with van der Waals surface area (Å²) in [6.45, 7) is 2.71. The van der Waals surface area contributed by atoms with Crippen LogP contribution in [-0.2, 0) is 11.3 Å². The maximum Gasteiger partial charge on any atom is 0.220 e. The first-order chi connectivity index (χ1) is 12.8. The van der Waals surface area contributed by atoms with Crippen molar-refractivity contribution in [2.24, 2.45) is 5.92 Å². The Morgan fingerprint density at radius 2 is 2.00 bits per heavy atom. The Bertz CT molecular complexity index is 845. The van der Waals surface area contributed by atoms with Gasteiger partial charge in [0.2, 0.25) is 5.91 Å². The Balaban J connectivity index is 1.31. The van der Waals surface area contributed by atoms with E-state index in [0.717, 1.165) is 47.5 Å². The van der Waals surface area contributed by atoms with Gasteiger partial charge in [-0.3, -0.25) is 4.79 Å². The van der Waals surface area contributed by atoms with Gasteiger partial charge in [0.15, 0.2) is 0 Å². The normalized spacial score (nSPS) is 16.8. The van der Waals surface area contributed by atoms with Crippen molar-refractivity contribution >= 4 is 16.9 Å². The minimum atomic E-state index is 0.137. The van der Waals surface area contributed by atoms with Gasteiger partial charge < -0.3 is 15.6 Å². The summed E-state index contributed by atoms with van der Waals surface area (Å²) in [5.41, 5.74) is 4.15. The molecule has 0 spiro atoms. The Morgan fingerprint density at radius 1 is 1.15 bits per heavy atom. The van der Waals surface area contributed by atoms with E-state index < -0.39 is 0 Å². The third kappa shape index (κ3) is 3.94. The Kier molecular flexibility index (Phi) is 4.97. The second kappa shape index (κ2) is 7.70. The number of hydrogen-bond acceptors (Lipinski definition) is 3. The number of aromatic amines is 1. The molecule has 3 aromatic rings. The van der Waals surface area contributed by atoms with Crippen LogP contribution >= 0.6 is 0 Å². The highest BCUT2D eigenvalue weighted by atomic mass is 16.1. The Labute approximate surface area is 153 Å². The van der Waals surface area contributed by atoms with Gasteiger partial charge in [0, 0.05) is 18.5 Å². The van der Waals surface area contributed by atoms with E-state index in [4.69, 9.17) is 0 Å². The molecule has 0 saturated carbocycles. The molecule has 26 heavy (non-hydrogen) atoms. The van der Waals surface area contributed by atoms with Crippen molar-refractivity contribution < 1.29 is 4.79 Å². The van der Waals surface area contributed by atoms with E-state index in [1.807, 2.05) is 48.5 Å². The van der Waals surface area contributed by atoms with Gasteiger partial charge in [0.1, 0.15) is 5.82 Å². The van der Waals surface area contributed by atoms with Crippen molar-refractivity contribution in [3.63, 3.8) is 0 Å². The van der Waals surface area contributed by atoms with Crippen molar-refractivity contribution in [1.82, 2.24) is 20.6 Å². The van der Waals surface area contributed by atoms with Gasteiger partial charge in [-0.1, -0.05) is 36.4 Å². The molecule has 1 aliphatic heterocycles. The average Bonchev–Trinajstić information content (AvgIpc) is 3.34. The molecule has 1 saturated heterocycles. The number of aromatic nitrogens is 2. The fourth-order valence-electron chi connectivity index (χ4n) is 3.46. The van der Waals surface area contributed by atoms with Crippen molar-refractivity contribution in [3.8, 4) is 11.4 Å². The average molecular weight is 348 g/mol. The maximum absolute atomic E-state index is 12.0. The zero-order valence-electron chi connectivity index (χ0n) is 14.8. The molecule has 1 atom stereocenters. The quantitative estimate of drug-likeness (QED) is 0.640. The first-order valence-corrected chi connectivity index (χ1v) is 9.29. The molecule has 5 heteroatoms. The summed E-state index contributed by atoms with van der Waals surface area (Å²) in [6.07, 6.45) is 2.78. The standard InChI is InChI=1S/C21H24N4O/c26-20(10-7-16-11-12-22-13-16)23-14-15-5-8-17(9-6-15)21-24-18-3-1-2-4-19(18)25-21/h1-6,8-9,16,22H,7,10-14H2,(H,23,26)(H,24,25). The summed E-state index contributed by atoms with van der Waals surface area (Å²) >= 11 is 0. The van der Waals surface area contributed by atoms with Crippen LogP contribution in [0.25, 0.3) is 22.4 Å². The van der Waals surface area contributed by atoms with Crippen molar-refractivity contribution in [2.75, 3.05) is 13.1 Å². The third-order valence-corrected chi connectivity index (χ3v) is 5.05. The molecule has 2 heterocycles.